The van der Waals surface area contributed by atoms with Gasteiger partial charge in [0.2, 0.25) is 0 Å². The Balaban J connectivity index is 0.000000157. The van der Waals surface area contributed by atoms with Gasteiger partial charge in [-0.3, -0.25) is 25.3 Å². The number of hydrogen-bond donors (Lipinski definition) is 3. The van der Waals surface area contributed by atoms with Gasteiger partial charge in [0.25, 0.3) is 0 Å². The van der Waals surface area contributed by atoms with E-state index in [9.17, 15) is 9.59 Å². The number of aromatic nitrogens is 6. The SMILES string of the molecule is CC(C)N1CCCN(c2ccc3c(n2)N(C(=O)Nc2ccncn2)[C@H]2CCCN3C2)CC1.O=C(Nc1ccncn1)N1c2nc(N3CCCNCC3)ccc2N2CCC[C@H]1C2. The quantitative estimate of drug-likeness (QED) is 0.257. The summed E-state index contributed by atoms with van der Waals surface area (Å²) in [4.78, 5) is 68.4. The van der Waals surface area contributed by atoms with Crippen molar-refractivity contribution < 1.29 is 9.59 Å². The molecule has 0 unspecified atom stereocenters. The minimum Gasteiger partial charge on any atom is -0.366 e. The highest BCUT2D eigenvalue weighted by atomic mass is 16.2. The molecule has 10 heterocycles. The van der Waals surface area contributed by atoms with Crippen LogP contribution in [0.15, 0.2) is 61.4 Å². The van der Waals surface area contributed by atoms with E-state index < -0.39 is 0 Å². The number of carbonyl (C=O) groups is 2. The Morgan fingerprint density at radius 2 is 1.15 bits per heavy atom. The molecule has 0 spiro atoms. The van der Waals surface area contributed by atoms with E-state index in [1.54, 1.807) is 24.5 Å². The van der Waals surface area contributed by atoms with E-state index in [0.717, 1.165) is 152 Å². The number of amides is 4. The summed E-state index contributed by atoms with van der Waals surface area (Å²) in [5.41, 5.74) is 2.08. The van der Waals surface area contributed by atoms with Gasteiger partial charge in [0.15, 0.2) is 11.6 Å². The summed E-state index contributed by atoms with van der Waals surface area (Å²) in [5, 5.41) is 9.29. The van der Waals surface area contributed by atoms with Gasteiger partial charge in [-0.05, 0) is 95.3 Å². The Kier molecular flexibility index (Phi) is 12.2. The van der Waals surface area contributed by atoms with Gasteiger partial charge in [0.1, 0.15) is 35.9 Å². The van der Waals surface area contributed by atoms with E-state index in [1.165, 1.54) is 12.7 Å². The standard InChI is InChI=1S/C23H32N8O.C20H26N8O/c1-17(2)28-11-4-12-29(14-13-28)21-7-6-19-22(27-21)31(18-5-3-10-30(19)15-18)23(32)26-20-8-9-24-16-25-20;29-20(24-17-6-8-22-14-23-17)28-15-3-1-10-27(13-15)16-4-5-18(25-19(16)28)26-11-2-7-21-9-12-26/h6-9,16-18H,3-5,10-15H2,1-2H3,(H,24,25,26,32);4-6,8,14-15,21H,1-3,7,9-13H2,(H,22,23,24,29)/t18-;15-/m00/s1. The third-order valence-corrected chi connectivity index (χ3v) is 12.7. The molecular formula is C43H58N16O2. The zero-order valence-electron chi connectivity index (χ0n) is 35.4. The summed E-state index contributed by atoms with van der Waals surface area (Å²) in [6.07, 6.45) is 12.4. The van der Waals surface area contributed by atoms with Crippen LogP contribution in [-0.2, 0) is 0 Å². The van der Waals surface area contributed by atoms with Crippen molar-refractivity contribution in [2.24, 2.45) is 0 Å². The predicted octanol–water partition coefficient (Wildman–Crippen LogP) is 4.51. The van der Waals surface area contributed by atoms with Crippen molar-refractivity contribution in [3.8, 4) is 0 Å². The first kappa shape index (κ1) is 40.5. The summed E-state index contributed by atoms with van der Waals surface area (Å²) in [5.74, 6) is 4.41. The van der Waals surface area contributed by atoms with Crippen molar-refractivity contribution >= 4 is 58.3 Å². The molecule has 10 rings (SSSR count). The molecular weight excluding hydrogens is 773 g/mol. The summed E-state index contributed by atoms with van der Waals surface area (Å²) in [6.45, 7) is 16.2. The summed E-state index contributed by atoms with van der Waals surface area (Å²) in [7, 11) is 0. The van der Waals surface area contributed by atoms with Gasteiger partial charge >= 0.3 is 12.1 Å². The molecule has 0 aromatic carbocycles. The molecule has 4 bridgehead atoms. The Hall–Kier alpha value is -5.88. The van der Waals surface area contributed by atoms with Crippen molar-refractivity contribution in [1.82, 2.24) is 40.1 Å². The van der Waals surface area contributed by atoms with Crippen LogP contribution in [0.3, 0.4) is 0 Å². The van der Waals surface area contributed by atoms with Crippen molar-refractivity contribution in [2.75, 3.05) is 119 Å². The maximum Gasteiger partial charge on any atom is 0.329 e. The fourth-order valence-electron chi connectivity index (χ4n) is 9.53. The first-order valence-corrected chi connectivity index (χ1v) is 22.1. The van der Waals surface area contributed by atoms with E-state index in [2.05, 4.69) is 98.5 Å². The number of fused-ring (bicyclic) bond motifs is 8. The lowest BCUT2D eigenvalue weighted by Gasteiger charge is -2.46. The Morgan fingerprint density at radius 3 is 1.69 bits per heavy atom. The molecule has 4 amide bonds. The van der Waals surface area contributed by atoms with E-state index >= 15 is 0 Å². The Bertz CT molecular complexity index is 2120. The lowest BCUT2D eigenvalue weighted by atomic mass is 10.00. The number of urea groups is 2. The van der Waals surface area contributed by atoms with Crippen molar-refractivity contribution in [2.45, 2.75) is 70.5 Å². The average Bonchev–Trinajstić information content (AvgIpc) is 3.72. The lowest BCUT2D eigenvalue weighted by molar-refractivity contribution is 0.238. The van der Waals surface area contributed by atoms with Gasteiger partial charge in [-0.25, -0.2) is 39.5 Å². The van der Waals surface area contributed by atoms with Gasteiger partial charge in [-0.15, -0.1) is 0 Å². The molecule has 0 aliphatic carbocycles. The molecule has 2 atom stereocenters. The minimum absolute atomic E-state index is 0.112. The zero-order valence-corrected chi connectivity index (χ0v) is 35.4. The molecule has 4 aromatic heterocycles. The van der Waals surface area contributed by atoms with Crippen LogP contribution in [0.2, 0.25) is 0 Å². The van der Waals surface area contributed by atoms with Crippen LogP contribution >= 0.6 is 0 Å². The molecule has 6 aliphatic rings. The number of anilines is 8. The molecule has 18 nitrogen and oxygen atoms in total. The lowest BCUT2D eigenvalue weighted by Crippen LogP contribution is -2.56. The van der Waals surface area contributed by atoms with Gasteiger partial charge in [0.05, 0.1) is 23.5 Å². The van der Waals surface area contributed by atoms with Crippen LogP contribution < -0.4 is 45.3 Å². The van der Waals surface area contributed by atoms with E-state index in [0.29, 0.717) is 17.7 Å². The largest absolute Gasteiger partial charge is 0.366 e. The number of nitrogens with zero attached hydrogens (tertiary/aromatic N) is 13. The molecule has 3 N–H and O–H groups in total. The zero-order chi connectivity index (χ0) is 41.7. The third kappa shape index (κ3) is 8.96. The molecule has 4 saturated heterocycles. The number of pyridine rings is 2. The number of piperidine rings is 2. The first-order valence-electron chi connectivity index (χ1n) is 22.1. The van der Waals surface area contributed by atoms with E-state index in [-0.39, 0.29) is 24.1 Å². The van der Waals surface area contributed by atoms with Crippen LogP contribution in [0.5, 0.6) is 0 Å². The maximum absolute atomic E-state index is 13.4. The average molecular weight is 831 g/mol. The highest BCUT2D eigenvalue weighted by Gasteiger charge is 2.40. The first-order chi connectivity index (χ1) is 29.9. The van der Waals surface area contributed by atoms with Crippen LogP contribution in [0, 0.1) is 0 Å². The van der Waals surface area contributed by atoms with Gasteiger partial charge in [0, 0.05) is 90.4 Å². The Labute approximate surface area is 357 Å². The van der Waals surface area contributed by atoms with Gasteiger partial charge in [-0.1, -0.05) is 0 Å². The number of nitrogens with one attached hydrogen (secondary N) is 3. The molecule has 61 heavy (non-hydrogen) atoms. The molecule has 0 radical (unpaired) electrons. The van der Waals surface area contributed by atoms with Crippen molar-refractivity contribution in [3.63, 3.8) is 0 Å². The fraction of sp³-hybridized carbons (Fsp3) is 0.535. The normalized spacial score (nSPS) is 21.4. The topological polar surface area (TPSA) is 170 Å². The van der Waals surface area contributed by atoms with E-state index in [4.69, 9.17) is 9.97 Å². The third-order valence-electron chi connectivity index (χ3n) is 12.7. The van der Waals surface area contributed by atoms with Gasteiger partial charge in [-0.2, -0.15) is 0 Å². The number of carbonyl (C=O) groups excluding carboxylic acids is 2. The Morgan fingerprint density at radius 1 is 0.607 bits per heavy atom. The van der Waals surface area contributed by atoms with Crippen LogP contribution in [0.1, 0.15) is 52.4 Å². The molecule has 18 heteroatoms. The van der Waals surface area contributed by atoms with Crippen molar-refractivity contribution in [3.05, 3.63) is 61.4 Å². The van der Waals surface area contributed by atoms with Crippen LogP contribution in [0.25, 0.3) is 0 Å². The smallest absolute Gasteiger partial charge is 0.329 e. The summed E-state index contributed by atoms with van der Waals surface area (Å²) in [6, 6.07) is 12.3. The summed E-state index contributed by atoms with van der Waals surface area (Å²) >= 11 is 0. The second kappa shape index (κ2) is 18.4. The second-order valence-corrected chi connectivity index (χ2v) is 16.9. The van der Waals surface area contributed by atoms with Gasteiger partial charge < -0.3 is 24.9 Å². The minimum atomic E-state index is -0.182. The highest BCUT2D eigenvalue weighted by molar-refractivity contribution is 6.05. The monoisotopic (exact) mass is 830 g/mol. The molecule has 4 aromatic rings. The van der Waals surface area contributed by atoms with Crippen LogP contribution in [-0.4, -0.2) is 144 Å². The van der Waals surface area contributed by atoms with Crippen molar-refractivity contribution in [1.29, 1.82) is 0 Å². The van der Waals surface area contributed by atoms with Crippen LogP contribution in [0.4, 0.5) is 55.9 Å². The molecule has 4 fully saturated rings. The fourth-order valence-corrected chi connectivity index (χ4v) is 9.53. The predicted molar refractivity (Wildman–Crippen MR) is 239 cm³/mol. The molecule has 6 aliphatic heterocycles. The summed E-state index contributed by atoms with van der Waals surface area (Å²) < 4.78 is 0. The second-order valence-electron chi connectivity index (χ2n) is 16.9. The molecule has 322 valence electrons. The van der Waals surface area contributed by atoms with E-state index in [1.807, 2.05) is 9.80 Å². The highest BCUT2D eigenvalue weighted by Crippen LogP contribution is 2.41. The molecule has 0 saturated carbocycles. The number of rotatable bonds is 5. The maximum atomic E-state index is 13.4. The number of hydrogen-bond acceptors (Lipinski definition) is 14.